The fourth-order valence-corrected chi connectivity index (χ4v) is 2.43. The molecule has 2 aromatic rings. The molecule has 0 aliphatic heterocycles. The normalized spacial score (nSPS) is 10.8. The van der Waals surface area contributed by atoms with E-state index >= 15 is 0 Å². The molecule has 0 amide bonds. The molecule has 1 aromatic heterocycles. The van der Waals surface area contributed by atoms with E-state index in [2.05, 4.69) is 46.6 Å². The van der Waals surface area contributed by atoms with Crippen LogP contribution in [0.1, 0.15) is 31.0 Å². The minimum Gasteiger partial charge on any atom is -0.494 e. The Morgan fingerprint density at radius 1 is 1.07 bits per heavy atom. The molecule has 0 bridgehead atoms. The maximum atomic E-state index is 5.74. The van der Waals surface area contributed by atoms with Crippen LogP contribution in [0.3, 0.4) is 0 Å². The minimum atomic E-state index is 0. The highest BCUT2D eigenvalue weighted by atomic mass is 127. The van der Waals surface area contributed by atoms with E-state index in [1.54, 1.807) is 0 Å². The van der Waals surface area contributed by atoms with Gasteiger partial charge in [-0.2, -0.15) is 0 Å². The van der Waals surface area contributed by atoms with Gasteiger partial charge in [0.15, 0.2) is 5.96 Å². The van der Waals surface area contributed by atoms with E-state index in [0.29, 0.717) is 0 Å². The Balaban J connectivity index is 0.00000364. The third-order valence-corrected chi connectivity index (χ3v) is 3.86. The lowest BCUT2D eigenvalue weighted by Gasteiger charge is -2.11. The molecule has 2 rings (SSSR count). The van der Waals surface area contributed by atoms with Crippen LogP contribution in [0, 0.1) is 6.92 Å². The molecule has 2 N–H and O–H groups in total. The van der Waals surface area contributed by atoms with E-state index < -0.39 is 0 Å². The number of aromatic nitrogens is 1. The summed E-state index contributed by atoms with van der Waals surface area (Å²) in [4.78, 5) is 8.95. The van der Waals surface area contributed by atoms with Crippen LogP contribution in [-0.2, 0) is 6.42 Å². The van der Waals surface area contributed by atoms with E-state index in [-0.39, 0.29) is 24.0 Å². The van der Waals surface area contributed by atoms with Gasteiger partial charge in [0.1, 0.15) is 5.75 Å². The van der Waals surface area contributed by atoms with Gasteiger partial charge in [-0.3, -0.25) is 9.98 Å². The van der Waals surface area contributed by atoms with Gasteiger partial charge in [0.2, 0.25) is 0 Å². The number of unbranched alkanes of at least 4 members (excludes halogenated alkanes) is 1. The molecule has 0 aliphatic rings. The fourth-order valence-electron chi connectivity index (χ4n) is 2.43. The molecule has 0 aliphatic carbocycles. The molecule has 1 aromatic carbocycles. The fraction of sp³-hybridized carbons (Fsp3) is 0.429. The average Bonchev–Trinajstić information content (AvgIpc) is 2.67. The molecule has 148 valence electrons. The number of guanidine groups is 1. The van der Waals surface area contributed by atoms with E-state index in [1.165, 1.54) is 5.56 Å². The van der Waals surface area contributed by atoms with Gasteiger partial charge >= 0.3 is 0 Å². The first-order valence-corrected chi connectivity index (χ1v) is 9.39. The summed E-state index contributed by atoms with van der Waals surface area (Å²) in [6.45, 7) is 7.34. The van der Waals surface area contributed by atoms with Crippen molar-refractivity contribution in [1.82, 2.24) is 15.6 Å². The Bertz CT molecular complexity index is 647. The van der Waals surface area contributed by atoms with Gasteiger partial charge < -0.3 is 15.4 Å². The molecule has 0 saturated carbocycles. The molecular weight excluding hydrogens is 451 g/mol. The summed E-state index contributed by atoms with van der Waals surface area (Å²) < 4.78 is 5.74. The first-order chi connectivity index (χ1) is 12.8. The van der Waals surface area contributed by atoms with Gasteiger partial charge in [0.05, 0.1) is 6.61 Å². The first kappa shape index (κ1) is 23.2. The second-order valence-electron chi connectivity index (χ2n) is 6.13. The van der Waals surface area contributed by atoms with Crippen molar-refractivity contribution >= 4 is 29.9 Å². The van der Waals surface area contributed by atoms with Crippen molar-refractivity contribution in [3.8, 4) is 5.75 Å². The SMILES string of the molecule is CCNC(=NCCCCOc1ccc(C)cc1)NCCc1ccccn1.I. The summed E-state index contributed by atoms with van der Waals surface area (Å²) in [5.41, 5.74) is 2.34. The van der Waals surface area contributed by atoms with Gasteiger partial charge in [-0.15, -0.1) is 24.0 Å². The molecule has 0 fully saturated rings. The summed E-state index contributed by atoms with van der Waals surface area (Å²) in [5.74, 6) is 1.80. The Labute approximate surface area is 180 Å². The number of aryl methyl sites for hydroxylation is 1. The predicted octanol–water partition coefficient (Wildman–Crippen LogP) is 3.96. The summed E-state index contributed by atoms with van der Waals surface area (Å²) >= 11 is 0. The third-order valence-electron chi connectivity index (χ3n) is 3.86. The van der Waals surface area contributed by atoms with Crippen LogP contribution in [-0.4, -0.2) is 37.2 Å². The van der Waals surface area contributed by atoms with Crippen LogP contribution >= 0.6 is 24.0 Å². The zero-order valence-electron chi connectivity index (χ0n) is 16.3. The van der Waals surface area contributed by atoms with Gasteiger partial charge in [0, 0.05) is 37.9 Å². The second kappa shape index (κ2) is 14.3. The quantitative estimate of drug-likeness (QED) is 0.233. The number of ether oxygens (including phenoxy) is 1. The van der Waals surface area contributed by atoms with E-state index in [9.17, 15) is 0 Å². The number of rotatable bonds is 10. The number of benzene rings is 1. The number of hydrogen-bond acceptors (Lipinski definition) is 3. The summed E-state index contributed by atoms with van der Waals surface area (Å²) in [5, 5.41) is 6.64. The van der Waals surface area contributed by atoms with Gasteiger partial charge in [0.25, 0.3) is 0 Å². The summed E-state index contributed by atoms with van der Waals surface area (Å²) in [6, 6.07) is 14.2. The molecule has 0 radical (unpaired) electrons. The lowest BCUT2D eigenvalue weighted by molar-refractivity contribution is 0.308. The number of pyridine rings is 1. The zero-order chi connectivity index (χ0) is 18.5. The van der Waals surface area contributed by atoms with E-state index in [0.717, 1.165) is 62.9 Å². The number of hydrogen-bond donors (Lipinski definition) is 2. The van der Waals surface area contributed by atoms with Crippen LogP contribution in [0.25, 0.3) is 0 Å². The summed E-state index contributed by atoms with van der Waals surface area (Å²) in [6.07, 6.45) is 4.70. The van der Waals surface area contributed by atoms with Gasteiger partial charge in [-0.1, -0.05) is 23.8 Å². The maximum absolute atomic E-state index is 5.74. The van der Waals surface area contributed by atoms with E-state index in [1.807, 2.05) is 36.5 Å². The predicted molar refractivity (Wildman–Crippen MR) is 123 cm³/mol. The molecule has 27 heavy (non-hydrogen) atoms. The number of nitrogens with zero attached hydrogens (tertiary/aromatic N) is 2. The molecular formula is C21H31IN4O. The van der Waals surface area contributed by atoms with E-state index in [4.69, 9.17) is 4.74 Å². The van der Waals surface area contributed by atoms with Crippen molar-refractivity contribution in [3.63, 3.8) is 0 Å². The smallest absolute Gasteiger partial charge is 0.191 e. The highest BCUT2D eigenvalue weighted by Gasteiger charge is 1.98. The van der Waals surface area contributed by atoms with Crippen LogP contribution in [0.4, 0.5) is 0 Å². The van der Waals surface area contributed by atoms with Crippen molar-refractivity contribution in [1.29, 1.82) is 0 Å². The van der Waals surface area contributed by atoms with Gasteiger partial charge in [-0.05, 0) is 51.0 Å². The molecule has 0 atom stereocenters. The first-order valence-electron chi connectivity index (χ1n) is 9.39. The molecule has 6 heteroatoms. The number of aliphatic imine (C=N–C) groups is 1. The van der Waals surface area contributed by atoms with Crippen molar-refractivity contribution in [2.45, 2.75) is 33.1 Å². The summed E-state index contributed by atoms with van der Waals surface area (Å²) in [7, 11) is 0. The number of nitrogens with one attached hydrogen (secondary N) is 2. The zero-order valence-corrected chi connectivity index (χ0v) is 18.6. The van der Waals surface area contributed by atoms with Crippen molar-refractivity contribution in [3.05, 3.63) is 59.9 Å². The minimum absolute atomic E-state index is 0. The molecule has 0 spiro atoms. The van der Waals surface area contributed by atoms with Crippen molar-refractivity contribution in [2.75, 3.05) is 26.2 Å². The Morgan fingerprint density at radius 2 is 1.89 bits per heavy atom. The Kier molecular flexibility index (Phi) is 12.3. The Morgan fingerprint density at radius 3 is 2.59 bits per heavy atom. The standard InChI is InChI=1S/C21H30N4O.HI/c1-3-22-21(25-16-13-19-8-4-5-14-23-19)24-15-6-7-17-26-20-11-9-18(2)10-12-20;/h4-5,8-12,14H,3,6-7,13,15-17H2,1-2H3,(H2,22,24,25);1H. The van der Waals surface area contributed by atoms with Crippen LogP contribution in [0.2, 0.25) is 0 Å². The maximum Gasteiger partial charge on any atom is 0.191 e. The van der Waals surface area contributed by atoms with Gasteiger partial charge in [-0.25, -0.2) is 0 Å². The van der Waals surface area contributed by atoms with Crippen LogP contribution in [0.15, 0.2) is 53.7 Å². The molecule has 5 nitrogen and oxygen atoms in total. The van der Waals surface area contributed by atoms with Crippen molar-refractivity contribution in [2.24, 2.45) is 4.99 Å². The number of halogens is 1. The molecule has 1 heterocycles. The highest BCUT2D eigenvalue weighted by Crippen LogP contribution is 2.11. The monoisotopic (exact) mass is 482 g/mol. The molecule has 0 saturated heterocycles. The lowest BCUT2D eigenvalue weighted by atomic mass is 10.2. The topological polar surface area (TPSA) is 58.5 Å². The third kappa shape index (κ3) is 10.2. The molecule has 0 unspecified atom stereocenters. The van der Waals surface area contributed by atoms with Crippen molar-refractivity contribution < 1.29 is 4.74 Å². The Hall–Kier alpha value is -1.83. The average molecular weight is 482 g/mol. The lowest BCUT2D eigenvalue weighted by Crippen LogP contribution is -2.38. The van der Waals surface area contributed by atoms with Crippen LogP contribution in [0.5, 0.6) is 5.75 Å². The largest absolute Gasteiger partial charge is 0.494 e. The second-order valence-corrected chi connectivity index (χ2v) is 6.13. The highest BCUT2D eigenvalue weighted by molar-refractivity contribution is 14.0. The van der Waals surface area contributed by atoms with Crippen LogP contribution < -0.4 is 15.4 Å².